The van der Waals surface area contributed by atoms with E-state index in [1.807, 2.05) is 0 Å². The number of hydrogen-bond donors (Lipinski definition) is 1. The first-order chi connectivity index (χ1) is 8.74. The van der Waals surface area contributed by atoms with Crippen LogP contribution in [0.2, 0.25) is 0 Å². The SMILES string of the molecule is CC(C)NCCc1nnc(CC2CCCCO2)s1. The summed E-state index contributed by atoms with van der Waals surface area (Å²) < 4.78 is 5.73. The van der Waals surface area contributed by atoms with Gasteiger partial charge >= 0.3 is 0 Å². The van der Waals surface area contributed by atoms with Crippen LogP contribution >= 0.6 is 11.3 Å². The molecule has 0 saturated carbocycles. The number of aromatic nitrogens is 2. The summed E-state index contributed by atoms with van der Waals surface area (Å²) in [5, 5.41) is 14.2. The number of hydrogen-bond acceptors (Lipinski definition) is 5. The second-order valence-corrected chi connectivity index (χ2v) is 6.29. The molecule has 5 heteroatoms. The Kier molecular flexibility index (Phi) is 5.53. The molecular formula is C13H23N3OS. The van der Waals surface area contributed by atoms with Crippen molar-refractivity contribution >= 4 is 11.3 Å². The monoisotopic (exact) mass is 269 g/mol. The Bertz CT molecular complexity index is 348. The third kappa shape index (κ3) is 4.63. The van der Waals surface area contributed by atoms with E-state index >= 15 is 0 Å². The summed E-state index contributed by atoms with van der Waals surface area (Å²) in [5.41, 5.74) is 0. The van der Waals surface area contributed by atoms with Crippen molar-refractivity contribution in [3.8, 4) is 0 Å². The number of nitrogens with one attached hydrogen (secondary N) is 1. The molecule has 1 saturated heterocycles. The summed E-state index contributed by atoms with van der Waals surface area (Å²) in [7, 11) is 0. The highest BCUT2D eigenvalue weighted by Gasteiger charge is 2.16. The zero-order valence-electron chi connectivity index (χ0n) is 11.3. The molecule has 0 aromatic carbocycles. The van der Waals surface area contributed by atoms with Gasteiger partial charge in [-0.05, 0) is 19.3 Å². The van der Waals surface area contributed by atoms with Crippen molar-refractivity contribution in [3.63, 3.8) is 0 Å². The van der Waals surface area contributed by atoms with Crippen LogP contribution in [0.1, 0.15) is 43.1 Å². The van der Waals surface area contributed by atoms with E-state index in [-0.39, 0.29) is 0 Å². The molecule has 1 aromatic rings. The molecule has 0 bridgehead atoms. The van der Waals surface area contributed by atoms with Crippen molar-refractivity contribution < 1.29 is 4.74 Å². The maximum absolute atomic E-state index is 5.73. The van der Waals surface area contributed by atoms with Gasteiger partial charge in [-0.1, -0.05) is 13.8 Å². The molecule has 0 radical (unpaired) electrons. The Morgan fingerprint density at radius 3 is 2.89 bits per heavy atom. The fraction of sp³-hybridized carbons (Fsp3) is 0.846. The molecule has 1 atom stereocenters. The predicted octanol–water partition coefficient (Wildman–Crippen LogP) is 2.19. The molecular weight excluding hydrogens is 246 g/mol. The first-order valence-electron chi connectivity index (χ1n) is 6.90. The first kappa shape index (κ1) is 13.9. The van der Waals surface area contributed by atoms with Crippen LogP contribution in [0.15, 0.2) is 0 Å². The highest BCUT2D eigenvalue weighted by atomic mass is 32.1. The average molecular weight is 269 g/mol. The van der Waals surface area contributed by atoms with E-state index in [9.17, 15) is 0 Å². The Morgan fingerprint density at radius 1 is 1.33 bits per heavy atom. The lowest BCUT2D eigenvalue weighted by Gasteiger charge is -2.21. The minimum atomic E-state index is 0.369. The van der Waals surface area contributed by atoms with E-state index in [1.165, 1.54) is 19.3 Å². The molecule has 0 spiro atoms. The van der Waals surface area contributed by atoms with Gasteiger partial charge < -0.3 is 10.1 Å². The normalized spacial score (nSPS) is 20.5. The third-order valence-electron chi connectivity index (χ3n) is 3.08. The smallest absolute Gasteiger partial charge is 0.120 e. The van der Waals surface area contributed by atoms with Gasteiger partial charge in [0.05, 0.1) is 6.10 Å². The molecule has 1 aliphatic heterocycles. The highest BCUT2D eigenvalue weighted by Crippen LogP contribution is 2.19. The fourth-order valence-corrected chi connectivity index (χ4v) is 3.01. The van der Waals surface area contributed by atoms with E-state index in [0.29, 0.717) is 12.1 Å². The van der Waals surface area contributed by atoms with Crippen LogP contribution in [0.25, 0.3) is 0 Å². The van der Waals surface area contributed by atoms with Crippen LogP contribution in [0, 0.1) is 0 Å². The van der Waals surface area contributed by atoms with Gasteiger partial charge in [0.1, 0.15) is 10.0 Å². The molecule has 2 heterocycles. The fourth-order valence-electron chi connectivity index (χ4n) is 2.10. The van der Waals surface area contributed by atoms with Crippen LogP contribution in [0.3, 0.4) is 0 Å². The highest BCUT2D eigenvalue weighted by molar-refractivity contribution is 7.11. The number of ether oxygens (including phenoxy) is 1. The summed E-state index contributed by atoms with van der Waals surface area (Å²) >= 11 is 1.74. The topological polar surface area (TPSA) is 47.0 Å². The first-order valence-corrected chi connectivity index (χ1v) is 7.72. The largest absolute Gasteiger partial charge is 0.378 e. The maximum atomic E-state index is 5.73. The van der Waals surface area contributed by atoms with Crippen molar-refractivity contribution in [2.45, 2.75) is 58.1 Å². The van der Waals surface area contributed by atoms with Crippen molar-refractivity contribution in [3.05, 3.63) is 10.0 Å². The van der Waals surface area contributed by atoms with Crippen molar-refractivity contribution in [1.29, 1.82) is 0 Å². The second kappa shape index (κ2) is 7.16. The molecule has 1 aliphatic rings. The second-order valence-electron chi connectivity index (χ2n) is 5.14. The van der Waals surface area contributed by atoms with Gasteiger partial charge in [0.2, 0.25) is 0 Å². The van der Waals surface area contributed by atoms with Gasteiger partial charge in [-0.25, -0.2) is 0 Å². The molecule has 18 heavy (non-hydrogen) atoms. The molecule has 1 unspecified atom stereocenters. The van der Waals surface area contributed by atoms with E-state index in [0.717, 1.165) is 36.0 Å². The zero-order valence-corrected chi connectivity index (χ0v) is 12.1. The van der Waals surface area contributed by atoms with E-state index in [4.69, 9.17) is 4.74 Å². The molecule has 1 fully saturated rings. The Morgan fingerprint density at radius 2 is 2.17 bits per heavy atom. The van der Waals surface area contributed by atoms with Crippen LogP contribution < -0.4 is 5.32 Å². The standard InChI is InChI=1S/C13H23N3OS/c1-10(2)14-7-6-12-15-16-13(18-12)9-11-5-3-4-8-17-11/h10-11,14H,3-9H2,1-2H3. The molecule has 0 amide bonds. The molecule has 102 valence electrons. The molecule has 0 aliphatic carbocycles. The number of nitrogens with zero attached hydrogens (tertiary/aromatic N) is 2. The predicted molar refractivity (Wildman–Crippen MR) is 74.0 cm³/mol. The van der Waals surface area contributed by atoms with Gasteiger partial charge in [-0.2, -0.15) is 0 Å². The van der Waals surface area contributed by atoms with Crippen LogP contribution in [0.5, 0.6) is 0 Å². The van der Waals surface area contributed by atoms with Crippen LogP contribution in [0.4, 0.5) is 0 Å². The molecule has 4 nitrogen and oxygen atoms in total. The summed E-state index contributed by atoms with van der Waals surface area (Å²) in [6.45, 7) is 6.21. The molecule has 1 N–H and O–H groups in total. The lowest BCUT2D eigenvalue weighted by atomic mass is 10.1. The minimum absolute atomic E-state index is 0.369. The summed E-state index contributed by atoms with van der Waals surface area (Å²) in [6.07, 6.45) is 5.95. The number of rotatable bonds is 6. The minimum Gasteiger partial charge on any atom is -0.378 e. The van der Waals surface area contributed by atoms with E-state index in [1.54, 1.807) is 11.3 Å². The van der Waals surface area contributed by atoms with Crippen LogP contribution in [-0.2, 0) is 17.6 Å². The summed E-state index contributed by atoms with van der Waals surface area (Å²) in [5.74, 6) is 0. The Hall–Kier alpha value is -0.520. The summed E-state index contributed by atoms with van der Waals surface area (Å²) in [4.78, 5) is 0. The third-order valence-corrected chi connectivity index (χ3v) is 4.08. The van der Waals surface area contributed by atoms with Gasteiger partial charge in [-0.15, -0.1) is 21.5 Å². The Balaban J connectivity index is 1.74. The quantitative estimate of drug-likeness (QED) is 0.860. The lowest BCUT2D eigenvalue weighted by molar-refractivity contribution is 0.0167. The van der Waals surface area contributed by atoms with E-state index in [2.05, 4.69) is 29.4 Å². The van der Waals surface area contributed by atoms with Gasteiger partial charge in [0.15, 0.2) is 0 Å². The van der Waals surface area contributed by atoms with E-state index < -0.39 is 0 Å². The maximum Gasteiger partial charge on any atom is 0.120 e. The van der Waals surface area contributed by atoms with Crippen LogP contribution in [-0.4, -0.2) is 35.5 Å². The van der Waals surface area contributed by atoms with Crippen molar-refractivity contribution in [2.24, 2.45) is 0 Å². The average Bonchev–Trinajstić information content (AvgIpc) is 2.78. The van der Waals surface area contributed by atoms with Crippen molar-refractivity contribution in [2.75, 3.05) is 13.2 Å². The van der Waals surface area contributed by atoms with Gasteiger partial charge in [-0.3, -0.25) is 0 Å². The lowest BCUT2D eigenvalue weighted by Crippen LogP contribution is -2.24. The Labute approximate surface area is 113 Å². The van der Waals surface area contributed by atoms with Gasteiger partial charge in [0, 0.05) is 32.0 Å². The molecule has 1 aromatic heterocycles. The molecule has 2 rings (SSSR count). The summed E-state index contributed by atoms with van der Waals surface area (Å²) in [6, 6.07) is 0.535. The van der Waals surface area contributed by atoms with Gasteiger partial charge in [0.25, 0.3) is 0 Å². The zero-order chi connectivity index (χ0) is 12.8. The van der Waals surface area contributed by atoms with Crippen molar-refractivity contribution in [1.82, 2.24) is 15.5 Å².